The van der Waals surface area contributed by atoms with Crippen LogP contribution in [-0.4, -0.2) is 12.2 Å². The summed E-state index contributed by atoms with van der Waals surface area (Å²) in [7, 11) is 1.47. The molecule has 0 unspecified atom stereocenters. The summed E-state index contributed by atoms with van der Waals surface area (Å²) in [5.74, 6) is 0.321. The molecule has 0 amide bonds. The first-order valence-electron chi connectivity index (χ1n) is 3.38. The predicted octanol–water partition coefficient (Wildman–Crippen LogP) is 2.70. The lowest BCUT2D eigenvalue weighted by Gasteiger charge is -2.05. The van der Waals surface area contributed by atoms with Crippen LogP contribution in [-0.2, 0) is 0 Å². The van der Waals surface area contributed by atoms with Crippen LogP contribution in [0.15, 0.2) is 18.7 Å². The Labute approximate surface area is 76.0 Å². The molecule has 0 atom stereocenters. The fraction of sp³-hybridized carbons (Fsp3) is 0.111. The minimum atomic E-state index is -0.0373. The lowest BCUT2D eigenvalue weighted by Crippen LogP contribution is -1.85. The van der Waals surface area contributed by atoms with Crippen LogP contribution in [0.4, 0.5) is 0 Å². The van der Waals surface area contributed by atoms with Crippen molar-refractivity contribution in [1.29, 1.82) is 0 Å². The molecule has 1 aromatic carbocycles. The molecule has 64 valence electrons. The highest BCUT2D eigenvalue weighted by molar-refractivity contribution is 6.32. The van der Waals surface area contributed by atoms with Gasteiger partial charge in [0.25, 0.3) is 0 Å². The molecule has 0 aliphatic rings. The van der Waals surface area contributed by atoms with Gasteiger partial charge in [-0.1, -0.05) is 24.3 Å². The monoisotopic (exact) mass is 184 g/mol. The summed E-state index contributed by atoms with van der Waals surface area (Å²) in [5.41, 5.74) is 0.814. The predicted molar refractivity (Wildman–Crippen MR) is 49.8 cm³/mol. The fourth-order valence-corrected chi connectivity index (χ4v) is 1.09. The maximum absolute atomic E-state index is 9.33. The standard InChI is InChI=1S/C9H9ClO2/c1-3-6-4-7(10)9(11)8(5-6)12-2/h3-5,11H,1H2,2H3. The van der Waals surface area contributed by atoms with Gasteiger partial charge in [-0.25, -0.2) is 0 Å². The first-order chi connectivity index (χ1) is 5.69. The molecule has 1 aromatic rings. The molecule has 0 bridgehead atoms. The molecule has 0 saturated carbocycles. The maximum atomic E-state index is 9.33. The van der Waals surface area contributed by atoms with Gasteiger partial charge in [0, 0.05) is 0 Å². The zero-order chi connectivity index (χ0) is 9.14. The van der Waals surface area contributed by atoms with Crippen LogP contribution in [0.1, 0.15) is 5.56 Å². The summed E-state index contributed by atoms with van der Waals surface area (Å²) in [5, 5.41) is 9.59. The van der Waals surface area contributed by atoms with Crippen molar-refractivity contribution in [2.24, 2.45) is 0 Å². The molecule has 0 spiro atoms. The number of ether oxygens (including phenoxy) is 1. The zero-order valence-electron chi connectivity index (χ0n) is 6.67. The van der Waals surface area contributed by atoms with Gasteiger partial charge in [0.05, 0.1) is 12.1 Å². The second kappa shape index (κ2) is 3.50. The third-order valence-corrected chi connectivity index (χ3v) is 1.79. The number of halogens is 1. The molecular formula is C9H9ClO2. The maximum Gasteiger partial charge on any atom is 0.176 e. The first kappa shape index (κ1) is 8.94. The normalized spacial score (nSPS) is 9.50. The Balaban J connectivity index is 3.28. The summed E-state index contributed by atoms with van der Waals surface area (Å²) in [6.45, 7) is 3.58. The molecule has 1 N–H and O–H groups in total. The summed E-state index contributed by atoms with van der Waals surface area (Å²) >= 11 is 5.70. The molecule has 0 aromatic heterocycles. The van der Waals surface area contributed by atoms with Crippen LogP contribution < -0.4 is 4.74 Å². The highest BCUT2D eigenvalue weighted by Crippen LogP contribution is 2.34. The van der Waals surface area contributed by atoms with Crippen LogP contribution in [0.5, 0.6) is 11.5 Å². The van der Waals surface area contributed by atoms with E-state index in [4.69, 9.17) is 16.3 Å². The van der Waals surface area contributed by atoms with Crippen molar-refractivity contribution >= 4 is 17.7 Å². The summed E-state index contributed by atoms with van der Waals surface area (Å²) in [6.07, 6.45) is 1.63. The number of hydrogen-bond donors (Lipinski definition) is 1. The highest BCUT2D eigenvalue weighted by atomic mass is 35.5. The fourth-order valence-electron chi connectivity index (χ4n) is 0.867. The Bertz CT molecular complexity index is 308. The SMILES string of the molecule is C=Cc1cc(Cl)c(O)c(OC)c1. The van der Waals surface area contributed by atoms with Crippen molar-refractivity contribution in [3.63, 3.8) is 0 Å². The Kier molecular flexibility index (Phi) is 2.61. The number of hydrogen-bond acceptors (Lipinski definition) is 2. The Morgan fingerprint density at radius 1 is 1.58 bits per heavy atom. The number of benzene rings is 1. The first-order valence-corrected chi connectivity index (χ1v) is 3.75. The van der Waals surface area contributed by atoms with Crippen LogP contribution in [0, 0.1) is 0 Å². The quantitative estimate of drug-likeness (QED) is 0.766. The van der Waals surface area contributed by atoms with Crippen molar-refractivity contribution in [3.8, 4) is 11.5 Å². The van der Waals surface area contributed by atoms with Crippen molar-refractivity contribution < 1.29 is 9.84 Å². The van der Waals surface area contributed by atoms with E-state index in [-0.39, 0.29) is 10.8 Å². The van der Waals surface area contributed by atoms with Crippen molar-refractivity contribution in [2.75, 3.05) is 7.11 Å². The van der Waals surface area contributed by atoms with Crippen LogP contribution in [0.3, 0.4) is 0 Å². The van der Waals surface area contributed by atoms with E-state index in [1.807, 2.05) is 0 Å². The van der Waals surface area contributed by atoms with Gasteiger partial charge in [-0.2, -0.15) is 0 Å². The number of rotatable bonds is 2. The molecular weight excluding hydrogens is 176 g/mol. The van der Waals surface area contributed by atoms with Gasteiger partial charge in [-0.05, 0) is 17.7 Å². The number of phenolic OH excluding ortho intramolecular Hbond substituents is 1. The van der Waals surface area contributed by atoms with Gasteiger partial charge < -0.3 is 9.84 Å². The molecule has 12 heavy (non-hydrogen) atoms. The third kappa shape index (κ3) is 1.53. The van der Waals surface area contributed by atoms with E-state index in [9.17, 15) is 5.11 Å². The van der Waals surface area contributed by atoms with Gasteiger partial charge in [0.15, 0.2) is 11.5 Å². The zero-order valence-corrected chi connectivity index (χ0v) is 7.43. The highest BCUT2D eigenvalue weighted by Gasteiger charge is 2.06. The van der Waals surface area contributed by atoms with E-state index in [0.29, 0.717) is 5.75 Å². The van der Waals surface area contributed by atoms with Gasteiger partial charge in [0.1, 0.15) is 0 Å². The van der Waals surface area contributed by atoms with Gasteiger partial charge >= 0.3 is 0 Å². The largest absolute Gasteiger partial charge is 0.503 e. The number of phenols is 1. The van der Waals surface area contributed by atoms with Crippen molar-refractivity contribution in [2.45, 2.75) is 0 Å². The molecule has 0 fully saturated rings. The number of methoxy groups -OCH3 is 1. The summed E-state index contributed by atoms with van der Waals surface area (Å²) in [6, 6.07) is 3.28. The summed E-state index contributed by atoms with van der Waals surface area (Å²) < 4.78 is 4.89. The number of aromatic hydroxyl groups is 1. The molecule has 0 saturated heterocycles. The van der Waals surface area contributed by atoms with Crippen molar-refractivity contribution in [3.05, 3.63) is 29.3 Å². The molecule has 2 nitrogen and oxygen atoms in total. The molecule has 1 rings (SSSR count). The smallest absolute Gasteiger partial charge is 0.176 e. The minimum absolute atomic E-state index is 0.0373. The topological polar surface area (TPSA) is 29.5 Å². The second-order valence-electron chi connectivity index (χ2n) is 2.26. The van der Waals surface area contributed by atoms with E-state index >= 15 is 0 Å². The molecule has 0 aliphatic heterocycles. The van der Waals surface area contributed by atoms with Gasteiger partial charge in [-0.15, -0.1) is 0 Å². The van der Waals surface area contributed by atoms with Crippen LogP contribution in [0.2, 0.25) is 5.02 Å². The minimum Gasteiger partial charge on any atom is -0.503 e. The Morgan fingerprint density at radius 2 is 2.25 bits per heavy atom. The molecule has 3 heteroatoms. The van der Waals surface area contributed by atoms with Crippen LogP contribution in [0.25, 0.3) is 6.08 Å². The van der Waals surface area contributed by atoms with E-state index in [0.717, 1.165) is 5.56 Å². The molecule has 0 aliphatic carbocycles. The van der Waals surface area contributed by atoms with Crippen LogP contribution >= 0.6 is 11.6 Å². The second-order valence-corrected chi connectivity index (χ2v) is 2.66. The third-order valence-electron chi connectivity index (χ3n) is 1.51. The lowest BCUT2D eigenvalue weighted by molar-refractivity contribution is 0.373. The van der Waals surface area contributed by atoms with E-state index in [2.05, 4.69) is 6.58 Å². The molecule has 0 heterocycles. The Morgan fingerprint density at radius 3 is 2.75 bits per heavy atom. The molecule has 0 radical (unpaired) electrons. The summed E-state index contributed by atoms with van der Waals surface area (Å²) in [4.78, 5) is 0. The van der Waals surface area contributed by atoms with Gasteiger partial charge in [0.2, 0.25) is 0 Å². The average molecular weight is 185 g/mol. The van der Waals surface area contributed by atoms with Crippen molar-refractivity contribution in [1.82, 2.24) is 0 Å². The Hall–Kier alpha value is -1.15. The van der Waals surface area contributed by atoms with E-state index in [1.165, 1.54) is 7.11 Å². The van der Waals surface area contributed by atoms with E-state index < -0.39 is 0 Å². The average Bonchev–Trinajstić information content (AvgIpc) is 2.09. The van der Waals surface area contributed by atoms with E-state index in [1.54, 1.807) is 18.2 Å². The van der Waals surface area contributed by atoms with Gasteiger partial charge in [-0.3, -0.25) is 0 Å². The lowest BCUT2D eigenvalue weighted by atomic mass is 10.2.